The quantitative estimate of drug-likeness (QED) is 0.741. The van der Waals surface area contributed by atoms with E-state index >= 15 is 0 Å². The normalized spacial score (nSPS) is 10.7. The van der Waals surface area contributed by atoms with Gasteiger partial charge < -0.3 is 9.63 Å². The fraction of sp³-hybridized carbons (Fsp3) is 0.0667. The van der Waals surface area contributed by atoms with Crippen LogP contribution in [0.4, 0.5) is 4.39 Å². The molecule has 0 atom stereocenters. The fourth-order valence-electron chi connectivity index (χ4n) is 1.77. The first-order valence-electron chi connectivity index (χ1n) is 6.22. The van der Waals surface area contributed by atoms with Gasteiger partial charge in [0.2, 0.25) is 0 Å². The minimum atomic E-state index is -0.518. The number of hydrogen-bond donors (Lipinski definition) is 1. The summed E-state index contributed by atoms with van der Waals surface area (Å²) in [6, 6.07) is 13.5. The Bertz CT molecular complexity index is 746. The standard InChI is InChI=1S/C15H11FN2O2S/c16-10-6-7-12(13(19)8-10)15-17-14(18-20-15)9-21-11-4-2-1-3-5-11/h1-8,19H,9H2. The first-order valence-corrected chi connectivity index (χ1v) is 7.20. The number of rotatable bonds is 4. The van der Waals surface area contributed by atoms with E-state index in [9.17, 15) is 9.50 Å². The van der Waals surface area contributed by atoms with E-state index in [-0.39, 0.29) is 11.6 Å². The molecule has 1 aromatic heterocycles. The Labute approximate surface area is 124 Å². The van der Waals surface area contributed by atoms with Gasteiger partial charge in [0.15, 0.2) is 5.82 Å². The number of hydrogen-bond acceptors (Lipinski definition) is 5. The molecule has 3 rings (SSSR count). The van der Waals surface area contributed by atoms with Gasteiger partial charge in [-0.25, -0.2) is 4.39 Å². The van der Waals surface area contributed by atoms with Crippen LogP contribution in [0, 0.1) is 5.82 Å². The fourth-order valence-corrected chi connectivity index (χ4v) is 2.53. The van der Waals surface area contributed by atoms with Gasteiger partial charge in [-0.1, -0.05) is 23.4 Å². The monoisotopic (exact) mass is 302 g/mol. The number of phenolic OH excluding ortho intramolecular Hbond substituents is 1. The Kier molecular flexibility index (Phi) is 3.87. The lowest BCUT2D eigenvalue weighted by Gasteiger charge is -1.98. The summed E-state index contributed by atoms with van der Waals surface area (Å²) in [5.41, 5.74) is 0.319. The first kappa shape index (κ1) is 13.6. The number of aromatic hydroxyl groups is 1. The molecular formula is C15H11FN2O2S. The van der Waals surface area contributed by atoms with Gasteiger partial charge in [0.05, 0.1) is 11.3 Å². The lowest BCUT2D eigenvalue weighted by molar-refractivity contribution is 0.419. The van der Waals surface area contributed by atoms with Gasteiger partial charge >= 0.3 is 0 Å². The molecule has 0 saturated heterocycles. The predicted octanol–water partition coefficient (Wildman–Crippen LogP) is 3.87. The summed E-state index contributed by atoms with van der Waals surface area (Å²) in [4.78, 5) is 5.31. The van der Waals surface area contributed by atoms with Crippen molar-refractivity contribution in [2.75, 3.05) is 0 Å². The molecule has 0 bridgehead atoms. The molecule has 106 valence electrons. The molecule has 1 heterocycles. The number of halogens is 1. The first-order chi connectivity index (χ1) is 10.2. The Hall–Kier alpha value is -2.34. The molecule has 1 N–H and O–H groups in total. The molecule has 6 heteroatoms. The van der Waals surface area contributed by atoms with Crippen LogP contribution in [0.1, 0.15) is 5.82 Å². The highest BCUT2D eigenvalue weighted by molar-refractivity contribution is 7.98. The maximum absolute atomic E-state index is 12.9. The molecule has 0 aliphatic rings. The number of aromatic nitrogens is 2. The van der Waals surface area contributed by atoms with Crippen LogP contribution in [0.25, 0.3) is 11.5 Å². The molecular weight excluding hydrogens is 291 g/mol. The summed E-state index contributed by atoms with van der Waals surface area (Å²) in [5.74, 6) is 0.505. The van der Waals surface area contributed by atoms with Crippen LogP contribution in [0.2, 0.25) is 0 Å². The SMILES string of the molecule is Oc1cc(F)ccc1-c1nc(CSc2ccccc2)no1. The largest absolute Gasteiger partial charge is 0.507 e. The molecule has 0 amide bonds. The van der Waals surface area contributed by atoms with Gasteiger partial charge in [0.25, 0.3) is 5.89 Å². The summed E-state index contributed by atoms with van der Waals surface area (Å²) >= 11 is 1.58. The summed E-state index contributed by atoms with van der Waals surface area (Å²) in [6.07, 6.45) is 0. The second kappa shape index (κ2) is 5.97. The lowest BCUT2D eigenvalue weighted by atomic mass is 10.2. The molecule has 21 heavy (non-hydrogen) atoms. The third-order valence-corrected chi connectivity index (χ3v) is 3.78. The molecule has 0 radical (unpaired) electrons. The molecule has 0 spiro atoms. The Balaban J connectivity index is 1.74. The van der Waals surface area contributed by atoms with Crippen molar-refractivity contribution in [3.05, 3.63) is 60.2 Å². The third kappa shape index (κ3) is 3.22. The van der Waals surface area contributed by atoms with Crippen LogP contribution >= 0.6 is 11.8 Å². The maximum Gasteiger partial charge on any atom is 0.261 e. The maximum atomic E-state index is 12.9. The average Bonchev–Trinajstić information content (AvgIpc) is 2.95. The van der Waals surface area contributed by atoms with E-state index in [2.05, 4.69) is 10.1 Å². The van der Waals surface area contributed by atoms with Gasteiger partial charge in [-0.2, -0.15) is 4.98 Å². The number of thioether (sulfide) groups is 1. The van der Waals surface area contributed by atoms with Crippen molar-refractivity contribution >= 4 is 11.8 Å². The van der Waals surface area contributed by atoms with Gasteiger partial charge in [-0.15, -0.1) is 11.8 Å². The molecule has 0 unspecified atom stereocenters. The van der Waals surface area contributed by atoms with Crippen LogP contribution in [0.15, 0.2) is 57.9 Å². The van der Waals surface area contributed by atoms with Crippen molar-refractivity contribution < 1.29 is 14.0 Å². The van der Waals surface area contributed by atoms with Crippen molar-refractivity contribution in [1.82, 2.24) is 10.1 Å². The van der Waals surface area contributed by atoms with Crippen molar-refractivity contribution in [3.8, 4) is 17.2 Å². The van der Waals surface area contributed by atoms with E-state index in [0.717, 1.165) is 11.0 Å². The van der Waals surface area contributed by atoms with Gasteiger partial charge in [0.1, 0.15) is 11.6 Å². The van der Waals surface area contributed by atoms with E-state index in [1.807, 2.05) is 30.3 Å². The van der Waals surface area contributed by atoms with E-state index in [0.29, 0.717) is 17.1 Å². The predicted molar refractivity (Wildman–Crippen MR) is 77.4 cm³/mol. The molecule has 0 fully saturated rings. The number of nitrogens with zero attached hydrogens (tertiary/aromatic N) is 2. The Morgan fingerprint density at radius 1 is 1.14 bits per heavy atom. The highest BCUT2D eigenvalue weighted by Gasteiger charge is 2.13. The van der Waals surface area contributed by atoms with Crippen LogP contribution in [0.5, 0.6) is 5.75 Å². The third-order valence-electron chi connectivity index (χ3n) is 2.77. The Morgan fingerprint density at radius 3 is 2.71 bits per heavy atom. The Morgan fingerprint density at radius 2 is 1.95 bits per heavy atom. The minimum absolute atomic E-state index is 0.177. The highest BCUT2D eigenvalue weighted by Crippen LogP contribution is 2.29. The molecule has 4 nitrogen and oxygen atoms in total. The van der Waals surface area contributed by atoms with Crippen molar-refractivity contribution in [2.24, 2.45) is 0 Å². The molecule has 0 aliphatic carbocycles. The minimum Gasteiger partial charge on any atom is -0.507 e. The van der Waals surface area contributed by atoms with Crippen LogP contribution in [-0.2, 0) is 5.75 Å². The zero-order chi connectivity index (χ0) is 14.7. The van der Waals surface area contributed by atoms with Crippen LogP contribution in [-0.4, -0.2) is 15.2 Å². The van der Waals surface area contributed by atoms with E-state index in [1.165, 1.54) is 12.1 Å². The number of phenols is 1. The van der Waals surface area contributed by atoms with Gasteiger partial charge in [-0.05, 0) is 24.3 Å². The van der Waals surface area contributed by atoms with E-state index in [1.54, 1.807) is 11.8 Å². The smallest absolute Gasteiger partial charge is 0.261 e. The number of benzene rings is 2. The van der Waals surface area contributed by atoms with Crippen molar-refractivity contribution in [3.63, 3.8) is 0 Å². The molecule has 2 aromatic carbocycles. The summed E-state index contributed by atoms with van der Waals surface area (Å²) < 4.78 is 18.0. The molecule has 0 saturated carbocycles. The highest BCUT2D eigenvalue weighted by atomic mass is 32.2. The summed E-state index contributed by atoms with van der Waals surface area (Å²) in [5, 5.41) is 13.5. The van der Waals surface area contributed by atoms with Crippen LogP contribution < -0.4 is 0 Å². The van der Waals surface area contributed by atoms with E-state index in [4.69, 9.17) is 4.52 Å². The molecule has 0 aliphatic heterocycles. The zero-order valence-corrected chi connectivity index (χ0v) is 11.7. The summed E-state index contributed by atoms with van der Waals surface area (Å²) in [7, 11) is 0. The average molecular weight is 302 g/mol. The second-order valence-corrected chi connectivity index (χ2v) is 5.33. The van der Waals surface area contributed by atoms with Gasteiger partial charge in [-0.3, -0.25) is 0 Å². The van der Waals surface area contributed by atoms with Crippen LogP contribution in [0.3, 0.4) is 0 Å². The van der Waals surface area contributed by atoms with Crippen molar-refractivity contribution in [1.29, 1.82) is 0 Å². The topological polar surface area (TPSA) is 59.2 Å². The van der Waals surface area contributed by atoms with E-state index < -0.39 is 5.82 Å². The van der Waals surface area contributed by atoms with Gasteiger partial charge in [0, 0.05) is 11.0 Å². The summed E-state index contributed by atoms with van der Waals surface area (Å²) in [6.45, 7) is 0. The second-order valence-electron chi connectivity index (χ2n) is 4.28. The van der Waals surface area contributed by atoms with Crippen molar-refractivity contribution in [2.45, 2.75) is 10.6 Å². The lowest BCUT2D eigenvalue weighted by Crippen LogP contribution is -1.85. The molecule has 3 aromatic rings. The zero-order valence-electron chi connectivity index (χ0n) is 10.9.